The Kier molecular flexibility index (Phi) is 9.72. The van der Waals surface area contributed by atoms with Crippen molar-refractivity contribution >= 4 is 11.9 Å². The van der Waals surface area contributed by atoms with Crippen LogP contribution in [0.3, 0.4) is 0 Å². The van der Waals surface area contributed by atoms with Crippen LogP contribution in [-0.2, 0) is 14.3 Å². The maximum Gasteiger partial charge on any atom is 0.333 e. The molecule has 0 saturated heterocycles. The zero-order chi connectivity index (χ0) is 20.2. The van der Waals surface area contributed by atoms with E-state index in [1.807, 2.05) is 0 Å². The second-order valence-electron chi connectivity index (χ2n) is 6.04. The average Bonchev–Trinajstić information content (AvgIpc) is 2.63. The van der Waals surface area contributed by atoms with Crippen molar-refractivity contribution in [1.29, 1.82) is 0 Å². The van der Waals surface area contributed by atoms with Crippen molar-refractivity contribution in [1.82, 2.24) is 0 Å². The molecular weight excluding hydrogens is 348 g/mol. The van der Waals surface area contributed by atoms with Gasteiger partial charge in [0.1, 0.15) is 11.5 Å². The van der Waals surface area contributed by atoms with Crippen molar-refractivity contribution in [3.63, 3.8) is 0 Å². The second kappa shape index (κ2) is 11.8. The number of methoxy groups -OCH3 is 1. The number of hydrogen-bond acceptors (Lipinski definition) is 5. The molecule has 0 saturated carbocycles. The molecular formula is C21H28O6. The molecule has 0 bridgehead atoms. The van der Waals surface area contributed by atoms with Crippen molar-refractivity contribution in [3.8, 4) is 11.5 Å². The van der Waals surface area contributed by atoms with Crippen LogP contribution < -0.4 is 4.74 Å². The van der Waals surface area contributed by atoms with Gasteiger partial charge in [-0.05, 0) is 44.7 Å². The van der Waals surface area contributed by atoms with E-state index in [0.717, 1.165) is 0 Å². The lowest BCUT2D eigenvalue weighted by molar-refractivity contribution is -0.139. The Bertz CT molecular complexity index is 677. The number of ether oxygens (including phenoxy) is 2. The van der Waals surface area contributed by atoms with Crippen LogP contribution in [-0.4, -0.2) is 35.9 Å². The number of esters is 1. The summed E-state index contributed by atoms with van der Waals surface area (Å²) in [5, 5.41) is 19.5. The summed E-state index contributed by atoms with van der Waals surface area (Å²) in [7, 11) is 1.48. The van der Waals surface area contributed by atoms with Crippen LogP contribution in [0.1, 0.15) is 50.5 Å². The van der Waals surface area contributed by atoms with E-state index in [4.69, 9.17) is 9.47 Å². The maximum absolute atomic E-state index is 12.0. The summed E-state index contributed by atoms with van der Waals surface area (Å²) in [6, 6.07) is 4.84. The average molecular weight is 376 g/mol. The van der Waals surface area contributed by atoms with Crippen molar-refractivity contribution in [2.75, 3.05) is 13.7 Å². The largest absolute Gasteiger partial charge is 0.508 e. The number of hydrogen-bond donors (Lipinski definition) is 2. The quantitative estimate of drug-likeness (QED) is 0.323. The summed E-state index contributed by atoms with van der Waals surface area (Å²) in [4.78, 5) is 23.4. The summed E-state index contributed by atoms with van der Waals surface area (Å²) < 4.78 is 10.4. The Morgan fingerprint density at radius 2 is 2.04 bits per heavy atom. The van der Waals surface area contributed by atoms with Gasteiger partial charge < -0.3 is 19.7 Å². The monoisotopic (exact) mass is 376 g/mol. The van der Waals surface area contributed by atoms with Crippen LogP contribution in [0, 0.1) is 0 Å². The minimum absolute atomic E-state index is 0.00172. The molecule has 0 aliphatic carbocycles. The lowest BCUT2D eigenvalue weighted by Gasteiger charge is -2.19. The van der Waals surface area contributed by atoms with E-state index in [1.54, 1.807) is 31.2 Å². The van der Waals surface area contributed by atoms with E-state index in [9.17, 15) is 19.8 Å². The lowest BCUT2D eigenvalue weighted by atomic mass is 9.89. The number of aliphatic carboxylic acids is 1. The SMILES string of the molecule is C=CCC/C(=C\CCC(CC(=O)O)c1c(O)cccc1OC)C(=O)OCC. The molecule has 1 aromatic rings. The molecule has 6 nitrogen and oxygen atoms in total. The predicted octanol–water partition coefficient (Wildman–Crippen LogP) is 4.20. The first-order valence-corrected chi connectivity index (χ1v) is 8.99. The molecule has 1 unspecified atom stereocenters. The van der Waals surface area contributed by atoms with Gasteiger partial charge in [-0.15, -0.1) is 6.58 Å². The Hall–Kier alpha value is -2.76. The highest BCUT2D eigenvalue weighted by Crippen LogP contribution is 2.38. The van der Waals surface area contributed by atoms with Gasteiger partial charge in [0.05, 0.1) is 20.1 Å². The maximum atomic E-state index is 12.0. The Labute approximate surface area is 160 Å². The van der Waals surface area contributed by atoms with E-state index in [1.165, 1.54) is 13.2 Å². The molecule has 0 aromatic heterocycles. The topological polar surface area (TPSA) is 93.1 Å². The normalized spacial score (nSPS) is 12.3. The number of aromatic hydroxyl groups is 1. The fourth-order valence-corrected chi connectivity index (χ4v) is 2.91. The first kappa shape index (κ1) is 22.3. The first-order chi connectivity index (χ1) is 12.9. The van der Waals surface area contributed by atoms with Gasteiger partial charge >= 0.3 is 11.9 Å². The van der Waals surface area contributed by atoms with Crippen molar-refractivity contribution in [2.24, 2.45) is 0 Å². The van der Waals surface area contributed by atoms with Crippen LogP contribution in [0.5, 0.6) is 11.5 Å². The summed E-state index contributed by atoms with van der Waals surface area (Å²) in [6.45, 7) is 5.70. The number of phenolic OH excluding ortho intramolecular Hbond substituents is 1. The molecule has 0 radical (unpaired) electrons. The molecule has 1 rings (SSSR count). The molecule has 6 heteroatoms. The van der Waals surface area contributed by atoms with Crippen molar-refractivity contribution < 1.29 is 29.3 Å². The van der Waals surface area contributed by atoms with E-state index in [-0.39, 0.29) is 18.1 Å². The highest BCUT2D eigenvalue weighted by molar-refractivity contribution is 5.88. The number of allylic oxidation sites excluding steroid dienone is 2. The van der Waals surface area contributed by atoms with Gasteiger partial charge in [0.15, 0.2) is 0 Å². The lowest BCUT2D eigenvalue weighted by Crippen LogP contribution is -2.10. The molecule has 0 fully saturated rings. The number of carboxylic acid groups (broad SMARTS) is 1. The summed E-state index contributed by atoms with van der Waals surface area (Å²) >= 11 is 0. The summed E-state index contributed by atoms with van der Waals surface area (Å²) in [5.74, 6) is -1.33. The smallest absolute Gasteiger partial charge is 0.333 e. The summed E-state index contributed by atoms with van der Waals surface area (Å²) in [5.41, 5.74) is 1.02. The molecule has 0 aliphatic rings. The van der Waals surface area contributed by atoms with Crippen molar-refractivity contribution in [2.45, 2.75) is 44.9 Å². The molecule has 0 aliphatic heterocycles. The van der Waals surface area contributed by atoms with Gasteiger partial charge in [-0.2, -0.15) is 0 Å². The van der Waals surface area contributed by atoms with Crippen LogP contribution in [0.2, 0.25) is 0 Å². The summed E-state index contributed by atoms with van der Waals surface area (Å²) in [6.07, 6.45) is 5.44. The molecule has 2 N–H and O–H groups in total. The fourth-order valence-electron chi connectivity index (χ4n) is 2.91. The zero-order valence-corrected chi connectivity index (χ0v) is 15.9. The molecule has 0 spiro atoms. The molecule has 0 amide bonds. The van der Waals surface area contributed by atoms with E-state index >= 15 is 0 Å². The van der Waals surface area contributed by atoms with Gasteiger partial charge in [-0.1, -0.05) is 18.2 Å². The number of carbonyl (C=O) groups is 2. The standard InChI is InChI=1S/C21H28O6/c1-4-6-9-15(21(25)27-5-2)10-7-11-16(14-19(23)24)20-17(22)12-8-13-18(20)26-3/h4,8,10,12-13,16,22H,1,5-7,9,11,14H2,2-3H3,(H,23,24)/b15-10+. The molecule has 27 heavy (non-hydrogen) atoms. The van der Waals surface area contributed by atoms with Crippen LogP contribution in [0.15, 0.2) is 42.5 Å². The number of carbonyl (C=O) groups excluding carboxylic acids is 1. The van der Waals surface area contributed by atoms with E-state index in [2.05, 4.69) is 6.58 Å². The number of carboxylic acids is 1. The third-order valence-electron chi connectivity index (χ3n) is 4.15. The second-order valence-corrected chi connectivity index (χ2v) is 6.04. The molecule has 1 atom stereocenters. The Morgan fingerprint density at radius 1 is 1.30 bits per heavy atom. The van der Waals surface area contributed by atoms with E-state index < -0.39 is 11.9 Å². The van der Waals surface area contributed by atoms with Gasteiger partial charge in [0.25, 0.3) is 0 Å². The Morgan fingerprint density at radius 3 is 2.63 bits per heavy atom. The van der Waals surface area contributed by atoms with E-state index in [0.29, 0.717) is 49.2 Å². The molecule has 148 valence electrons. The van der Waals surface area contributed by atoms with Gasteiger partial charge in [-0.25, -0.2) is 4.79 Å². The van der Waals surface area contributed by atoms with Gasteiger partial charge in [-0.3, -0.25) is 4.79 Å². The fraction of sp³-hybridized carbons (Fsp3) is 0.429. The molecule has 1 aromatic carbocycles. The number of rotatable bonds is 12. The third kappa shape index (κ3) is 7.17. The van der Waals surface area contributed by atoms with Crippen LogP contribution in [0.4, 0.5) is 0 Å². The zero-order valence-electron chi connectivity index (χ0n) is 15.9. The minimum atomic E-state index is -0.966. The predicted molar refractivity (Wildman–Crippen MR) is 103 cm³/mol. The van der Waals surface area contributed by atoms with Crippen LogP contribution >= 0.6 is 0 Å². The Balaban J connectivity index is 3.01. The highest BCUT2D eigenvalue weighted by atomic mass is 16.5. The number of phenols is 1. The van der Waals surface area contributed by atoms with Gasteiger partial charge in [0, 0.05) is 17.1 Å². The number of benzene rings is 1. The van der Waals surface area contributed by atoms with Crippen molar-refractivity contribution in [3.05, 3.63) is 48.1 Å². The molecule has 0 heterocycles. The van der Waals surface area contributed by atoms with Gasteiger partial charge in [0.2, 0.25) is 0 Å². The first-order valence-electron chi connectivity index (χ1n) is 8.99. The minimum Gasteiger partial charge on any atom is -0.508 e. The highest BCUT2D eigenvalue weighted by Gasteiger charge is 2.22. The third-order valence-corrected chi connectivity index (χ3v) is 4.15. The van der Waals surface area contributed by atoms with Crippen LogP contribution in [0.25, 0.3) is 0 Å².